The number of hydrogen-bond acceptors (Lipinski definition) is 2. The Morgan fingerprint density at radius 3 is 2.39 bits per heavy atom. The standard InChI is InChI=1S/C22H23F3N2O/c1-26-11-12-27(20(14-26)15-7-3-2-4-8-15)21(28)18-13-17(18)16-9-5-6-10-19(16)22(23,24)25/h2-10,17-18,20H,11-14H2,1H3. The van der Waals surface area contributed by atoms with Crippen LogP contribution in [0.15, 0.2) is 54.6 Å². The Labute approximate surface area is 162 Å². The average molecular weight is 388 g/mol. The van der Waals surface area contributed by atoms with Crippen LogP contribution in [-0.2, 0) is 11.0 Å². The molecule has 1 heterocycles. The zero-order valence-electron chi connectivity index (χ0n) is 15.7. The van der Waals surface area contributed by atoms with Crippen molar-refractivity contribution in [3.63, 3.8) is 0 Å². The molecule has 2 aliphatic rings. The smallest absolute Gasteiger partial charge is 0.333 e. The highest BCUT2D eigenvalue weighted by Gasteiger charge is 2.50. The van der Waals surface area contributed by atoms with Gasteiger partial charge in [-0.05, 0) is 36.6 Å². The third-order valence-corrected chi connectivity index (χ3v) is 5.82. The van der Waals surface area contributed by atoms with Crippen LogP contribution in [0.2, 0.25) is 0 Å². The van der Waals surface area contributed by atoms with Crippen molar-refractivity contribution in [2.75, 3.05) is 26.7 Å². The molecule has 28 heavy (non-hydrogen) atoms. The van der Waals surface area contributed by atoms with E-state index in [1.165, 1.54) is 12.1 Å². The first-order chi connectivity index (χ1) is 13.4. The minimum Gasteiger partial charge on any atom is -0.333 e. The molecular weight excluding hydrogens is 365 g/mol. The first kappa shape index (κ1) is 19.0. The van der Waals surface area contributed by atoms with Gasteiger partial charge in [-0.25, -0.2) is 0 Å². The zero-order valence-corrected chi connectivity index (χ0v) is 15.7. The predicted molar refractivity (Wildman–Crippen MR) is 101 cm³/mol. The van der Waals surface area contributed by atoms with Gasteiger partial charge in [-0.2, -0.15) is 13.2 Å². The van der Waals surface area contributed by atoms with Gasteiger partial charge in [0.05, 0.1) is 11.6 Å². The van der Waals surface area contributed by atoms with Crippen molar-refractivity contribution >= 4 is 5.91 Å². The van der Waals surface area contributed by atoms with Crippen LogP contribution < -0.4 is 0 Å². The van der Waals surface area contributed by atoms with Crippen LogP contribution in [0, 0.1) is 5.92 Å². The highest BCUT2D eigenvalue weighted by molar-refractivity contribution is 5.83. The molecule has 0 N–H and O–H groups in total. The molecule has 2 aromatic carbocycles. The molecule has 1 amide bonds. The van der Waals surface area contributed by atoms with Gasteiger partial charge in [0.2, 0.25) is 5.91 Å². The predicted octanol–water partition coefficient (Wildman–Crippen LogP) is 4.32. The number of alkyl halides is 3. The second kappa shape index (κ2) is 7.24. The summed E-state index contributed by atoms with van der Waals surface area (Å²) < 4.78 is 40.0. The van der Waals surface area contributed by atoms with Crippen LogP contribution in [-0.4, -0.2) is 42.4 Å². The first-order valence-corrected chi connectivity index (χ1v) is 9.56. The van der Waals surface area contributed by atoms with Gasteiger partial charge in [-0.15, -0.1) is 0 Å². The Morgan fingerprint density at radius 2 is 1.68 bits per heavy atom. The maximum absolute atomic E-state index is 13.3. The third-order valence-electron chi connectivity index (χ3n) is 5.82. The summed E-state index contributed by atoms with van der Waals surface area (Å²) in [7, 11) is 2.03. The van der Waals surface area contributed by atoms with E-state index >= 15 is 0 Å². The molecule has 148 valence electrons. The maximum Gasteiger partial charge on any atom is 0.416 e. The molecule has 2 fully saturated rings. The molecule has 0 spiro atoms. The van der Waals surface area contributed by atoms with Crippen molar-refractivity contribution in [2.45, 2.75) is 24.6 Å². The van der Waals surface area contributed by atoms with Gasteiger partial charge in [0.1, 0.15) is 0 Å². The molecular formula is C22H23F3N2O. The highest BCUT2D eigenvalue weighted by atomic mass is 19.4. The van der Waals surface area contributed by atoms with E-state index in [9.17, 15) is 18.0 Å². The molecule has 1 aliphatic carbocycles. The zero-order chi connectivity index (χ0) is 19.9. The lowest BCUT2D eigenvalue weighted by molar-refractivity contribution is -0.140. The normalized spacial score (nSPS) is 25.6. The largest absolute Gasteiger partial charge is 0.416 e. The Balaban J connectivity index is 1.56. The van der Waals surface area contributed by atoms with Crippen molar-refractivity contribution in [2.24, 2.45) is 5.92 Å². The molecule has 3 unspecified atom stereocenters. The van der Waals surface area contributed by atoms with Gasteiger partial charge in [0.25, 0.3) is 0 Å². The fourth-order valence-corrected chi connectivity index (χ4v) is 4.25. The number of nitrogens with zero attached hydrogens (tertiary/aromatic N) is 2. The summed E-state index contributed by atoms with van der Waals surface area (Å²) in [5, 5.41) is 0. The van der Waals surface area contributed by atoms with E-state index in [1.807, 2.05) is 42.3 Å². The van der Waals surface area contributed by atoms with Gasteiger partial charge in [-0.1, -0.05) is 48.5 Å². The fourth-order valence-electron chi connectivity index (χ4n) is 4.25. The highest BCUT2D eigenvalue weighted by Crippen LogP contribution is 2.52. The van der Waals surface area contributed by atoms with Crippen LogP contribution in [0.1, 0.15) is 35.1 Å². The van der Waals surface area contributed by atoms with Crippen molar-refractivity contribution in [1.82, 2.24) is 9.80 Å². The topological polar surface area (TPSA) is 23.6 Å². The van der Waals surface area contributed by atoms with Crippen LogP contribution in [0.4, 0.5) is 13.2 Å². The summed E-state index contributed by atoms with van der Waals surface area (Å²) in [5.41, 5.74) is 0.697. The number of carbonyl (C=O) groups excluding carboxylic acids is 1. The lowest BCUT2D eigenvalue weighted by Crippen LogP contribution is -2.49. The third kappa shape index (κ3) is 3.65. The Kier molecular flexibility index (Phi) is 4.91. The molecule has 3 atom stereocenters. The number of carbonyl (C=O) groups is 1. The minimum absolute atomic E-state index is 0.0241. The molecule has 0 bridgehead atoms. The number of halogens is 3. The molecule has 4 rings (SSSR count). The average Bonchev–Trinajstić information content (AvgIpc) is 3.48. The lowest BCUT2D eigenvalue weighted by Gasteiger charge is -2.40. The molecule has 1 saturated heterocycles. The van der Waals surface area contributed by atoms with Crippen molar-refractivity contribution in [3.8, 4) is 0 Å². The maximum atomic E-state index is 13.3. The molecule has 1 saturated carbocycles. The quantitative estimate of drug-likeness (QED) is 0.782. The van der Waals surface area contributed by atoms with Gasteiger partial charge < -0.3 is 9.80 Å². The molecule has 0 radical (unpaired) electrons. The summed E-state index contributed by atoms with van der Waals surface area (Å²) in [4.78, 5) is 17.3. The van der Waals surface area contributed by atoms with Gasteiger partial charge in [0.15, 0.2) is 0 Å². The lowest BCUT2D eigenvalue weighted by atomic mass is 9.99. The number of likely N-dealkylation sites (N-methyl/N-ethyl adjacent to an activating group) is 1. The number of benzene rings is 2. The molecule has 6 heteroatoms. The molecule has 3 nitrogen and oxygen atoms in total. The van der Waals surface area contributed by atoms with Gasteiger partial charge in [-0.3, -0.25) is 4.79 Å². The van der Waals surface area contributed by atoms with Gasteiger partial charge in [0, 0.05) is 25.6 Å². The van der Waals surface area contributed by atoms with Crippen LogP contribution in [0.25, 0.3) is 0 Å². The number of rotatable bonds is 3. The summed E-state index contributed by atoms with van der Waals surface area (Å²) >= 11 is 0. The van der Waals surface area contributed by atoms with Crippen molar-refractivity contribution in [1.29, 1.82) is 0 Å². The number of hydrogen-bond donors (Lipinski definition) is 0. The van der Waals surface area contributed by atoms with E-state index in [2.05, 4.69) is 4.90 Å². The number of piperazine rings is 1. The second-order valence-corrected chi connectivity index (χ2v) is 7.75. The molecule has 0 aromatic heterocycles. The minimum atomic E-state index is -4.40. The summed E-state index contributed by atoms with van der Waals surface area (Å²) in [6, 6.07) is 15.4. The Morgan fingerprint density at radius 1 is 1.00 bits per heavy atom. The Hall–Kier alpha value is -2.34. The van der Waals surface area contributed by atoms with Crippen LogP contribution in [0.5, 0.6) is 0 Å². The van der Waals surface area contributed by atoms with Crippen LogP contribution in [0.3, 0.4) is 0 Å². The van der Waals surface area contributed by atoms with E-state index < -0.39 is 11.7 Å². The van der Waals surface area contributed by atoms with Gasteiger partial charge >= 0.3 is 6.18 Å². The van der Waals surface area contributed by atoms with E-state index in [4.69, 9.17) is 0 Å². The number of amides is 1. The fraction of sp³-hybridized carbons (Fsp3) is 0.409. The van der Waals surface area contributed by atoms with E-state index in [1.54, 1.807) is 6.07 Å². The van der Waals surface area contributed by atoms with E-state index in [0.29, 0.717) is 13.0 Å². The van der Waals surface area contributed by atoms with Crippen molar-refractivity contribution < 1.29 is 18.0 Å². The van der Waals surface area contributed by atoms with E-state index in [0.717, 1.165) is 24.7 Å². The summed E-state index contributed by atoms with van der Waals surface area (Å²) in [6.07, 6.45) is -3.91. The van der Waals surface area contributed by atoms with Crippen LogP contribution >= 0.6 is 0 Å². The second-order valence-electron chi connectivity index (χ2n) is 7.75. The van der Waals surface area contributed by atoms with Crippen molar-refractivity contribution in [3.05, 3.63) is 71.3 Å². The van der Waals surface area contributed by atoms with E-state index in [-0.39, 0.29) is 29.3 Å². The monoisotopic (exact) mass is 388 g/mol. The SMILES string of the molecule is CN1CCN(C(=O)C2CC2c2ccccc2C(F)(F)F)C(c2ccccc2)C1. The molecule has 1 aliphatic heterocycles. The Bertz CT molecular complexity index is 852. The molecule has 2 aromatic rings. The summed E-state index contributed by atoms with van der Waals surface area (Å²) in [5.74, 6) is -0.733. The summed E-state index contributed by atoms with van der Waals surface area (Å²) in [6.45, 7) is 2.09. The first-order valence-electron chi connectivity index (χ1n) is 9.56.